The van der Waals surface area contributed by atoms with E-state index in [2.05, 4.69) is 11.6 Å². The molecule has 0 bridgehead atoms. The molecule has 0 radical (unpaired) electrons. The lowest BCUT2D eigenvalue weighted by Gasteiger charge is -2.25. The van der Waals surface area contributed by atoms with E-state index in [4.69, 9.17) is 23.4 Å². The molecule has 2 aromatic heterocycles. The van der Waals surface area contributed by atoms with Crippen LogP contribution in [0.5, 0.6) is 17.2 Å². The molecular formula is C36H30N2O9S. The van der Waals surface area contributed by atoms with Crippen LogP contribution in [0.3, 0.4) is 0 Å². The van der Waals surface area contributed by atoms with E-state index < -0.39 is 29.5 Å². The molecule has 244 valence electrons. The molecule has 1 unspecified atom stereocenters. The van der Waals surface area contributed by atoms with Gasteiger partial charge in [0.05, 0.1) is 31.5 Å². The highest BCUT2D eigenvalue weighted by atomic mass is 32.1. The van der Waals surface area contributed by atoms with Gasteiger partial charge in [-0.1, -0.05) is 72.5 Å². The molecule has 11 nitrogen and oxygen atoms in total. The number of carbonyl (C=O) groups excluding carboxylic acids is 3. The number of methoxy groups -OCH3 is 2. The van der Waals surface area contributed by atoms with Crippen LogP contribution in [0.1, 0.15) is 43.1 Å². The monoisotopic (exact) mass is 666 g/mol. The molecule has 0 saturated carbocycles. The molecule has 5 aromatic rings. The van der Waals surface area contributed by atoms with Crippen molar-refractivity contribution in [1.82, 2.24) is 4.98 Å². The SMILES string of the molecule is C=CCOC(=O)c1sc(N2C(=O)C(O)=C(C(=O)c3cc4cccc(OC)c4o3)C2c2ccc(OCc3ccccc3)c(OC)c2)nc1C. The number of aromatic nitrogens is 1. The fraction of sp³-hybridized carbons (Fsp3) is 0.167. The van der Waals surface area contributed by atoms with Crippen molar-refractivity contribution >= 4 is 45.1 Å². The van der Waals surface area contributed by atoms with Crippen molar-refractivity contribution in [3.8, 4) is 17.2 Å². The van der Waals surface area contributed by atoms with Crippen molar-refractivity contribution < 1.29 is 42.9 Å². The predicted octanol–water partition coefficient (Wildman–Crippen LogP) is 6.92. The normalized spacial score (nSPS) is 14.4. The Bertz CT molecular complexity index is 2080. The third kappa shape index (κ3) is 5.89. The van der Waals surface area contributed by atoms with E-state index >= 15 is 0 Å². The molecule has 12 heteroatoms. The first-order chi connectivity index (χ1) is 23.2. The van der Waals surface area contributed by atoms with Crippen molar-refractivity contribution in [2.45, 2.75) is 19.6 Å². The van der Waals surface area contributed by atoms with E-state index in [-0.39, 0.29) is 34.6 Å². The molecule has 1 amide bonds. The number of carbonyl (C=O) groups is 3. The molecule has 1 aliphatic rings. The Morgan fingerprint density at radius 3 is 2.52 bits per heavy atom. The second kappa shape index (κ2) is 13.5. The number of hydrogen-bond acceptors (Lipinski definition) is 11. The Morgan fingerprint density at radius 2 is 1.79 bits per heavy atom. The van der Waals surface area contributed by atoms with E-state index in [9.17, 15) is 19.5 Å². The summed E-state index contributed by atoms with van der Waals surface area (Å²) in [7, 11) is 2.95. The van der Waals surface area contributed by atoms with Crippen molar-refractivity contribution in [2.75, 3.05) is 25.7 Å². The summed E-state index contributed by atoms with van der Waals surface area (Å²) in [6, 6.07) is 20.1. The summed E-state index contributed by atoms with van der Waals surface area (Å²) in [5.41, 5.74) is 1.74. The third-order valence-corrected chi connectivity index (χ3v) is 8.79. The molecular weight excluding hydrogens is 636 g/mol. The van der Waals surface area contributed by atoms with E-state index in [0.717, 1.165) is 16.9 Å². The lowest BCUT2D eigenvalue weighted by molar-refractivity contribution is -0.117. The summed E-state index contributed by atoms with van der Waals surface area (Å²) < 4.78 is 28.2. The van der Waals surface area contributed by atoms with Gasteiger partial charge in [-0.2, -0.15) is 0 Å². The van der Waals surface area contributed by atoms with Gasteiger partial charge in [-0.3, -0.25) is 14.5 Å². The number of hydrogen-bond donors (Lipinski definition) is 1. The van der Waals surface area contributed by atoms with Gasteiger partial charge < -0.3 is 28.5 Å². The Kier molecular flexibility index (Phi) is 9.00. The summed E-state index contributed by atoms with van der Waals surface area (Å²) in [4.78, 5) is 46.6. The zero-order chi connectivity index (χ0) is 33.9. The van der Waals surface area contributed by atoms with Gasteiger partial charge in [-0.05, 0) is 42.3 Å². The Labute approximate surface area is 279 Å². The van der Waals surface area contributed by atoms with Crippen LogP contribution >= 0.6 is 11.3 Å². The van der Waals surface area contributed by atoms with Crippen molar-refractivity contribution in [2.24, 2.45) is 0 Å². The van der Waals surface area contributed by atoms with Crippen LogP contribution in [0.15, 0.2) is 101 Å². The number of rotatable bonds is 12. The number of ether oxygens (including phenoxy) is 4. The van der Waals surface area contributed by atoms with Gasteiger partial charge in [0, 0.05) is 5.39 Å². The molecule has 1 N–H and O–H groups in total. The number of anilines is 1. The summed E-state index contributed by atoms with van der Waals surface area (Å²) in [5, 5.41) is 12.0. The van der Waals surface area contributed by atoms with Gasteiger partial charge in [-0.15, -0.1) is 0 Å². The zero-order valence-electron chi connectivity index (χ0n) is 26.2. The first kappa shape index (κ1) is 32.1. The maximum absolute atomic E-state index is 14.2. The molecule has 0 saturated heterocycles. The van der Waals surface area contributed by atoms with Gasteiger partial charge in [0.15, 0.2) is 39.5 Å². The zero-order valence-corrected chi connectivity index (χ0v) is 27.0. The fourth-order valence-corrected chi connectivity index (χ4v) is 6.36. The maximum Gasteiger partial charge on any atom is 0.350 e. The second-order valence-corrected chi connectivity index (χ2v) is 11.6. The number of aliphatic hydroxyl groups is 1. The summed E-state index contributed by atoms with van der Waals surface area (Å²) in [5.74, 6) is -2.01. The van der Waals surface area contributed by atoms with Crippen LogP contribution in [0.4, 0.5) is 5.13 Å². The summed E-state index contributed by atoms with van der Waals surface area (Å²) >= 11 is 0.897. The van der Waals surface area contributed by atoms with Gasteiger partial charge >= 0.3 is 5.97 Å². The number of para-hydroxylation sites is 1. The molecule has 0 fully saturated rings. The van der Waals surface area contributed by atoms with Gasteiger partial charge in [0.2, 0.25) is 5.78 Å². The quantitative estimate of drug-likeness (QED) is 0.0849. The Balaban J connectivity index is 1.44. The van der Waals surface area contributed by atoms with Gasteiger partial charge in [0.1, 0.15) is 18.1 Å². The van der Waals surface area contributed by atoms with E-state index in [1.807, 2.05) is 30.3 Å². The van der Waals surface area contributed by atoms with Crippen molar-refractivity contribution in [3.05, 3.63) is 124 Å². The Morgan fingerprint density at radius 1 is 1.02 bits per heavy atom. The number of aliphatic hydroxyl groups excluding tert-OH is 1. The minimum Gasteiger partial charge on any atom is -0.503 e. The van der Waals surface area contributed by atoms with Crippen molar-refractivity contribution in [3.63, 3.8) is 0 Å². The average Bonchev–Trinajstić information content (AvgIpc) is 3.79. The molecule has 1 aliphatic heterocycles. The molecule has 6 rings (SSSR count). The highest BCUT2D eigenvalue weighted by molar-refractivity contribution is 7.17. The lowest BCUT2D eigenvalue weighted by Crippen LogP contribution is -2.31. The molecule has 3 heterocycles. The number of nitrogens with zero attached hydrogens (tertiary/aromatic N) is 2. The first-order valence-corrected chi connectivity index (χ1v) is 15.5. The fourth-order valence-electron chi connectivity index (χ4n) is 5.38. The average molecular weight is 667 g/mol. The van der Waals surface area contributed by atoms with E-state index in [1.165, 1.54) is 31.3 Å². The number of benzene rings is 3. The van der Waals surface area contributed by atoms with Crippen molar-refractivity contribution in [1.29, 1.82) is 0 Å². The van der Waals surface area contributed by atoms with E-state index in [1.54, 1.807) is 43.3 Å². The number of furan rings is 1. The van der Waals surface area contributed by atoms with Gasteiger partial charge in [-0.25, -0.2) is 9.78 Å². The topological polar surface area (TPSA) is 138 Å². The number of Topliss-reactive ketones (excluding diaryl/α,β-unsaturated/α-hetero) is 1. The van der Waals surface area contributed by atoms with Gasteiger partial charge in [0.25, 0.3) is 5.91 Å². The highest BCUT2D eigenvalue weighted by Crippen LogP contribution is 2.46. The molecule has 48 heavy (non-hydrogen) atoms. The molecule has 0 aliphatic carbocycles. The first-order valence-electron chi connectivity index (χ1n) is 14.7. The predicted molar refractivity (Wildman–Crippen MR) is 178 cm³/mol. The summed E-state index contributed by atoms with van der Waals surface area (Å²) in [6.45, 7) is 5.41. The van der Waals surface area contributed by atoms with Crippen LogP contribution < -0.4 is 19.1 Å². The minimum absolute atomic E-state index is 0.0153. The smallest absolute Gasteiger partial charge is 0.350 e. The number of ketones is 1. The maximum atomic E-state index is 14.2. The van der Waals surface area contributed by atoms with Crippen LogP contribution in [-0.4, -0.2) is 48.6 Å². The Hall–Kier alpha value is -5.88. The molecule has 0 spiro atoms. The van der Waals surface area contributed by atoms with Crippen LogP contribution in [0.25, 0.3) is 11.0 Å². The lowest BCUT2D eigenvalue weighted by atomic mass is 9.95. The number of amides is 1. The summed E-state index contributed by atoms with van der Waals surface area (Å²) in [6.07, 6.45) is 1.43. The number of esters is 1. The van der Waals surface area contributed by atoms with Crippen LogP contribution in [-0.2, 0) is 16.1 Å². The van der Waals surface area contributed by atoms with Crippen LogP contribution in [0.2, 0.25) is 0 Å². The standard InChI is InChI=1S/C36H30N2O9S/c1-5-16-45-35(42)33-20(2)37-36(48-33)38-29(22-14-15-24(26(17-22)44-4)46-19-21-10-7-6-8-11-21)28(31(40)34(38)41)30(39)27-18-23-12-9-13-25(43-3)32(23)47-27/h5-15,17-18,29,40H,1,16,19H2,2-4H3. The second-order valence-electron chi connectivity index (χ2n) is 10.6. The highest BCUT2D eigenvalue weighted by Gasteiger charge is 2.47. The number of thiazole rings is 1. The third-order valence-electron chi connectivity index (χ3n) is 7.65. The number of fused-ring (bicyclic) bond motifs is 1. The molecule has 1 atom stereocenters. The molecule has 3 aromatic carbocycles. The van der Waals surface area contributed by atoms with Crippen LogP contribution in [0, 0.1) is 6.92 Å². The van der Waals surface area contributed by atoms with E-state index in [0.29, 0.717) is 39.5 Å². The number of aryl methyl sites for hydroxylation is 1. The largest absolute Gasteiger partial charge is 0.503 e. The minimum atomic E-state index is -1.19.